The van der Waals surface area contributed by atoms with Gasteiger partial charge in [-0.2, -0.15) is 13.2 Å². The van der Waals surface area contributed by atoms with Gasteiger partial charge < -0.3 is 9.13 Å². The van der Waals surface area contributed by atoms with Crippen LogP contribution >= 0.6 is 0 Å². The van der Waals surface area contributed by atoms with Gasteiger partial charge in [-0.1, -0.05) is 126 Å². The molecule has 6 heteroatoms. The summed E-state index contributed by atoms with van der Waals surface area (Å²) in [5, 5.41) is 3.60. The molecule has 0 saturated heterocycles. The fourth-order valence-corrected chi connectivity index (χ4v) is 8.17. The topological polar surface area (TPSA) is 22.8 Å². The maximum Gasteiger partial charge on any atom is 0.420 e. The Hall–Kier alpha value is -6.14. The van der Waals surface area contributed by atoms with Crippen molar-refractivity contribution >= 4 is 43.6 Å². The van der Waals surface area contributed by atoms with Crippen LogP contribution < -0.4 is 0 Å². The number of aromatic nitrogens is 3. The van der Waals surface area contributed by atoms with Crippen LogP contribution in [0.25, 0.3) is 77.5 Å². The largest absolute Gasteiger partial charge is 0.420 e. The van der Waals surface area contributed by atoms with Crippen LogP contribution in [0.3, 0.4) is 0 Å². The van der Waals surface area contributed by atoms with E-state index in [0.29, 0.717) is 33.3 Å². The first kappa shape index (κ1) is 35.6. The molecular formula is C50H42F3N3. The Morgan fingerprint density at radius 2 is 0.839 bits per heavy atom. The lowest BCUT2D eigenvalue weighted by Crippen LogP contribution is -2.16. The molecule has 0 bridgehead atoms. The van der Waals surface area contributed by atoms with Gasteiger partial charge in [-0.25, -0.2) is 4.98 Å². The minimum atomic E-state index is -4.74. The van der Waals surface area contributed by atoms with Crippen molar-refractivity contribution in [2.24, 2.45) is 0 Å². The minimum Gasteiger partial charge on any atom is -0.309 e. The van der Waals surface area contributed by atoms with E-state index in [-0.39, 0.29) is 22.2 Å². The normalized spacial score (nSPS) is 12.7. The van der Waals surface area contributed by atoms with E-state index in [2.05, 4.69) is 53.7 Å². The van der Waals surface area contributed by atoms with Crippen LogP contribution in [0.1, 0.15) is 58.2 Å². The van der Waals surface area contributed by atoms with Crippen molar-refractivity contribution in [3.63, 3.8) is 0 Å². The van der Waals surface area contributed by atoms with E-state index >= 15 is 13.2 Å². The van der Waals surface area contributed by atoms with E-state index in [1.54, 1.807) is 21.3 Å². The molecule has 56 heavy (non-hydrogen) atoms. The molecule has 0 radical (unpaired) electrons. The summed E-state index contributed by atoms with van der Waals surface area (Å²) in [6, 6.07) is 46.8. The third-order valence-corrected chi connectivity index (χ3v) is 11.1. The number of para-hydroxylation sites is 2. The average molecular weight is 742 g/mol. The summed E-state index contributed by atoms with van der Waals surface area (Å²) < 4.78 is 52.5. The number of halogens is 3. The van der Waals surface area contributed by atoms with Crippen LogP contribution in [0, 0.1) is 0 Å². The van der Waals surface area contributed by atoms with Crippen molar-refractivity contribution in [2.45, 2.75) is 58.5 Å². The molecule has 0 amide bonds. The van der Waals surface area contributed by atoms with E-state index in [9.17, 15) is 0 Å². The summed E-state index contributed by atoms with van der Waals surface area (Å²) in [5.74, 6) is 0. The quantitative estimate of drug-likeness (QED) is 0.176. The van der Waals surface area contributed by atoms with Gasteiger partial charge in [0.2, 0.25) is 0 Å². The first-order valence-electron chi connectivity index (χ1n) is 19.0. The Balaban J connectivity index is 1.45. The highest BCUT2D eigenvalue weighted by atomic mass is 19.4. The lowest BCUT2D eigenvalue weighted by atomic mass is 9.86. The number of benzene rings is 6. The smallest absolute Gasteiger partial charge is 0.309 e. The molecule has 3 nitrogen and oxygen atoms in total. The number of fused-ring (bicyclic) bond motifs is 6. The summed E-state index contributed by atoms with van der Waals surface area (Å²) in [5.41, 5.74) is 6.92. The van der Waals surface area contributed by atoms with E-state index in [4.69, 9.17) is 4.98 Å². The molecule has 0 N–H and O–H groups in total. The number of rotatable bonds is 4. The molecule has 278 valence electrons. The van der Waals surface area contributed by atoms with Crippen molar-refractivity contribution in [1.82, 2.24) is 14.1 Å². The second-order valence-corrected chi connectivity index (χ2v) is 16.8. The van der Waals surface area contributed by atoms with E-state index in [1.165, 1.54) is 0 Å². The van der Waals surface area contributed by atoms with Gasteiger partial charge >= 0.3 is 6.18 Å². The first-order chi connectivity index (χ1) is 26.7. The first-order valence-corrected chi connectivity index (χ1v) is 19.0. The molecule has 0 aliphatic carbocycles. The van der Waals surface area contributed by atoms with Gasteiger partial charge in [-0.15, -0.1) is 0 Å². The Morgan fingerprint density at radius 1 is 0.411 bits per heavy atom. The Bertz CT molecular complexity index is 2820. The van der Waals surface area contributed by atoms with Gasteiger partial charge in [0.1, 0.15) is 5.56 Å². The highest BCUT2D eigenvalue weighted by Gasteiger charge is 2.40. The molecule has 0 spiro atoms. The summed E-state index contributed by atoms with van der Waals surface area (Å²) in [6.07, 6.45) is -4.74. The molecule has 0 saturated carbocycles. The highest BCUT2D eigenvalue weighted by Crippen LogP contribution is 2.46. The molecule has 3 heterocycles. The number of hydrogen-bond donors (Lipinski definition) is 0. The Morgan fingerprint density at radius 3 is 1.30 bits per heavy atom. The summed E-state index contributed by atoms with van der Waals surface area (Å²) >= 11 is 0. The fourth-order valence-electron chi connectivity index (χ4n) is 8.17. The lowest BCUT2D eigenvalue weighted by Gasteiger charge is -2.23. The zero-order valence-corrected chi connectivity index (χ0v) is 32.3. The highest BCUT2D eigenvalue weighted by molar-refractivity contribution is 6.11. The van der Waals surface area contributed by atoms with Crippen molar-refractivity contribution in [3.8, 4) is 33.9 Å². The van der Waals surface area contributed by atoms with Crippen molar-refractivity contribution in [3.05, 3.63) is 162 Å². The van der Waals surface area contributed by atoms with Crippen LogP contribution in [0.15, 0.2) is 146 Å². The molecule has 0 aliphatic heterocycles. The van der Waals surface area contributed by atoms with Crippen LogP contribution in [0.4, 0.5) is 13.2 Å². The van der Waals surface area contributed by atoms with Gasteiger partial charge in [0.25, 0.3) is 0 Å². The van der Waals surface area contributed by atoms with Crippen molar-refractivity contribution in [1.29, 1.82) is 0 Å². The van der Waals surface area contributed by atoms with Crippen LogP contribution in [-0.4, -0.2) is 14.1 Å². The van der Waals surface area contributed by atoms with Gasteiger partial charge in [0, 0.05) is 32.7 Å². The zero-order valence-electron chi connectivity index (χ0n) is 32.3. The van der Waals surface area contributed by atoms with Gasteiger partial charge in [-0.05, 0) is 82.6 Å². The second kappa shape index (κ2) is 12.7. The molecule has 6 aromatic carbocycles. The van der Waals surface area contributed by atoms with Crippen LogP contribution in [-0.2, 0) is 17.0 Å². The fraction of sp³-hybridized carbons (Fsp3) is 0.180. The number of hydrogen-bond acceptors (Lipinski definition) is 1. The van der Waals surface area contributed by atoms with Crippen LogP contribution in [0.5, 0.6) is 0 Å². The molecule has 0 fully saturated rings. The molecule has 9 rings (SSSR count). The standard InChI is InChI=1S/C50H42F3N3/c1-48(2,3)33-23-25-43-37(29-33)35-17-10-12-21-41(35)55(43)45-27-32(40-20-14-19-39(54-40)31-15-8-7-9-16-31)28-46(47(45)50(51,52)53)56-42-22-13-11-18-36(42)38-30-34(49(4,5)6)24-26-44(38)56/h7-30H,1-6H3. The molecule has 9 aromatic rings. The van der Waals surface area contributed by atoms with Crippen molar-refractivity contribution < 1.29 is 13.2 Å². The number of alkyl halides is 3. The number of nitrogens with zero attached hydrogens (tertiary/aromatic N) is 3. The molecular weight excluding hydrogens is 700 g/mol. The Labute approximate surface area is 324 Å². The third kappa shape index (κ3) is 5.87. The molecule has 3 aromatic heterocycles. The van der Waals surface area contributed by atoms with E-state index < -0.39 is 11.7 Å². The van der Waals surface area contributed by atoms with Crippen LogP contribution in [0.2, 0.25) is 0 Å². The minimum absolute atomic E-state index is 0.0452. The molecule has 0 aliphatic rings. The SMILES string of the molecule is CC(C)(C)c1ccc2c(c1)c1ccccc1n2-c1cc(-c2cccc(-c3ccccc3)n2)cc(-n2c3ccccc3c3cc(C(C)(C)C)ccc32)c1C(F)(F)F. The average Bonchev–Trinajstić information content (AvgIpc) is 3.69. The van der Waals surface area contributed by atoms with E-state index in [0.717, 1.165) is 43.9 Å². The summed E-state index contributed by atoms with van der Waals surface area (Å²) in [4.78, 5) is 5.08. The van der Waals surface area contributed by atoms with Crippen molar-refractivity contribution in [2.75, 3.05) is 0 Å². The maximum absolute atomic E-state index is 16.3. The van der Waals surface area contributed by atoms with Gasteiger partial charge in [0.05, 0.1) is 44.8 Å². The third-order valence-electron chi connectivity index (χ3n) is 11.1. The monoisotopic (exact) mass is 741 g/mol. The summed E-state index contributed by atoms with van der Waals surface area (Å²) in [6.45, 7) is 12.9. The summed E-state index contributed by atoms with van der Waals surface area (Å²) in [7, 11) is 0. The lowest BCUT2D eigenvalue weighted by molar-refractivity contribution is -0.137. The molecule has 0 atom stereocenters. The Kier molecular flexibility index (Phi) is 8.07. The van der Waals surface area contributed by atoms with Gasteiger partial charge in [-0.3, -0.25) is 0 Å². The zero-order chi connectivity index (χ0) is 39.1. The van der Waals surface area contributed by atoms with E-state index in [1.807, 2.05) is 121 Å². The number of pyridine rings is 1. The molecule has 0 unspecified atom stereocenters. The predicted octanol–water partition coefficient (Wildman–Crippen LogP) is 14.2. The predicted molar refractivity (Wildman–Crippen MR) is 226 cm³/mol. The maximum atomic E-state index is 16.3. The van der Waals surface area contributed by atoms with Gasteiger partial charge in [0.15, 0.2) is 0 Å². The second-order valence-electron chi connectivity index (χ2n) is 16.8.